The molecule has 18 heavy (non-hydrogen) atoms. The Hall–Kier alpha value is -0.900. The Balaban J connectivity index is 1.51. The monoisotopic (exact) mass is 249 g/mol. The molecule has 2 fully saturated rings. The first-order valence-electron chi connectivity index (χ1n) is 7.37. The van der Waals surface area contributed by atoms with Gasteiger partial charge in [0.2, 0.25) is 5.89 Å². The fourth-order valence-electron chi connectivity index (χ4n) is 2.87. The van der Waals surface area contributed by atoms with E-state index in [1.807, 2.05) is 0 Å². The molecular weight excluding hydrogens is 226 g/mol. The third-order valence-electron chi connectivity index (χ3n) is 4.13. The third kappa shape index (κ3) is 3.10. The van der Waals surface area contributed by atoms with Crippen LogP contribution in [0.4, 0.5) is 0 Å². The Morgan fingerprint density at radius 3 is 2.94 bits per heavy atom. The van der Waals surface area contributed by atoms with Crippen LogP contribution in [0.15, 0.2) is 4.52 Å². The van der Waals surface area contributed by atoms with Gasteiger partial charge < -0.3 is 9.84 Å². The van der Waals surface area contributed by atoms with Crippen molar-refractivity contribution in [3.8, 4) is 0 Å². The van der Waals surface area contributed by atoms with Crippen LogP contribution in [0, 0.1) is 5.92 Å². The molecule has 0 bridgehead atoms. The molecule has 1 aromatic heterocycles. The Morgan fingerprint density at radius 1 is 1.28 bits per heavy atom. The van der Waals surface area contributed by atoms with Gasteiger partial charge in [0.25, 0.3) is 0 Å². The van der Waals surface area contributed by atoms with Crippen LogP contribution in [0.2, 0.25) is 0 Å². The Bertz CT molecular complexity index is 386. The molecule has 2 aliphatic carbocycles. The second-order valence-corrected chi connectivity index (χ2v) is 5.99. The van der Waals surface area contributed by atoms with Gasteiger partial charge in [-0.3, -0.25) is 0 Å². The van der Waals surface area contributed by atoms with Crippen LogP contribution >= 0.6 is 0 Å². The maximum absolute atomic E-state index is 5.35. The van der Waals surface area contributed by atoms with Crippen molar-refractivity contribution < 1.29 is 4.52 Å². The summed E-state index contributed by atoms with van der Waals surface area (Å²) in [6.07, 6.45) is 8.63. The summed E-state index contributed by atoms with van der Waals surface area (Å²) in [6, 6.07) is 0.756. The Labute approximate surface area is 109 Å². The number of hydrogen-bond acceptors (Lipinski definition) is 4. The zero-order valence-electron chi connectivity index (χ0n) is 11.2. The van der Waals surface area contributed by atoms with Gasteiger partial charge in [-0.25, -0.2) is 0 Å². The largest absolute Gasteiger partial charge is 0.339 e. The third-order valence-corrected chi connectivity index (χ3v) is 4.13. The topological polar surface area (TPSA) is 51.0 Å². The van der Waals surface area contributed by atoms with E-state index < -0.39 is 0 Å². The highest BCUT2D eigenvalue weighted by Crippen LogP contribution is 2.34. The van der Waals surface area contributed by atoms with Gasteiger partial charge in [-0.05, 0) is 31.6 Å². The second-order valence-electron chi connectivity index (χ2n) is 5.99. The number of hydrogen-bond donors (Lipinski definition) is 1. The molecule has 3 rings (SSSR count). The lowest BCUT2D eigenvalue weighted by molar-refractivity contribution is 0.319. The van der Waals surface area contributed by atoms with E-state index in [4.69, 9.17) is 4.52 Å². The molecule has 0 aromatic carbocycles. The molecule has 0 saturated heterocycles. The lowest BCUT2D eigenvalue weighted by atomic mass is 9.82. The smallest absolute Gasteiger partial charge is 0.227 e. The summed E-state index contributed by atoms with van der Waals surface area (Å²) in [4.78, 5) is 4.57. The van der Waals surface area contributed by atoms with Crippen molar-refractivity contribution in [1.29, 1.82) is 0 Å². The van der Waals surface area contributed by atoms with Gasteiger partial charge in [0.15, 0.2) is 5.82 Å². The summed E-state index contributed by atoms with van der Waals surface area (Å²) < 4.78 is 5.35. The summed E-state index contributed by atoms with van der Waals surface area (Å²) in [5.41, 5.74) is 0. The first kappa shape index (κ1) is 12.2. The highest BCUT2D eigenvalue weighted by atomic mass is 16.5. The van der Waals surface area contributed by atoms with Gasteiger partial charge in [-0.15, -0.1) is 0 Å². The molecule has 2 saturated carbocycles. The standard InChI is InChI=1S/C14H23N3O/c1-10-3-2-4-11(9-10)14-16-13(18-17-14)7-8-15-12-5-6-12/h10-12,15H,2-9H2,1H3. The van der Waals surface area contributed by atoms with E-state index in [1.165, 1.54) is 38.5 Å². The quantitative estimate of drug-likeness (QED) is 0.871. The molecule has 1 heterocycles. The van der Waals surface area contributed by atoms with Crippen molar-refractivity contribution in [2.45, 2.75) is 63.8 Å². The summed E-state index contributed by atoms with van der Waals surface area (Å²) in [5, 5.41) is 7.65. The lowest BCUT2D eigenvalue weighted by Crippen LogP contribution is -2.19. The summed E-state index contributed by atoms with van der Waals surface area (Å²) >= 11 is 0. The van der Waals surface area contributed by atoms with Crippen LogP contribution in [0.25, 0.3) is 0 Å². The van der Waals surface area contributed by atoms with Crippen LogP contribution in [-0.4, -0.2) is 22.7 Å². The van der Waals surface area contributed by atoms with Crippen molar-refractivity contribution >= 4 is 0 Å². The number of nitrogens with zero attached hydrogens (tertiary/aromatic N) is 2. The minimum Gasteiger partial charge on any atom is -0.339 e. The van der Waals surface area contributed by atoms with Crippen LogP contribution in [0.3, 0.4) is 0 Å². The molecule has 100 valence electrons. The molecule has 0 radical (unpaired) electrons. The predicted molar refractivity (Wildman–Crippen MR) is 69.4 cm³/mol. The molecule has 0 spiro atoms. The van der Waals surface area contributed by atoms with Gasteiger partial charge in [0.05, 0.1) is 0 Å². The van der Waals surface area contributed by atoms with Crippen molar-refractivity contribution in [3.63, 3.8) is 0 Å². The fourth-order valence-corrected chi connectivity index (χ4v) is 2.87. The zero-order chi connectivity index (χ0) is 12.4. The second kappa shape index (κ2) is 5.39. The van der Waals surface area contributed by atoms with E-state index in [1.54, 1.807) is 0 Å². The molecule has 0 aliphatic heterocycles. The SMILES string of the molecule is CC1CCCC(c2noc(CCNC3CC3)n2)C1. The van der Waals surface area contributed by atoms with Crippen LogP contribution in [-0.2, 0) is 6.42 Å². The summed E-state index contributed by atoms with van der Waals surface area (Å²) in [7, 11) is 0. The van der Waals surface area contributed by atoms with E-state index in [0.717, 1.165) is 36.6 Å². The maximum Gasteiger partial charge on any atom is 0.227 e. The van der Waals surface area contributed by atoms with Crippen LogP contribution in [0.1, 0.15) is 63.1 Å². The van der Waals surface area contributed by atoms with E-state index in [2.05, 4.69) is 22.4 Å². The average Bonchev–Trinajstić information content (AvgIpc) is 3.06. The molecule has 2 atom stereocenters. The van der Waals surface area contributed by atoms with Gasteiger partial charge in [-0.2, -0.15) is 4.98 Å². The molecule has 4 nitrogen and oxygen atoms in total. The summed E-state index contributed by atoms with van der Waals surface area (Å²) in [5.74, 6) is 3.09. The van der Waals surface area contributed by atoms with Crippen molar-refractivity contribution in [2.24, 2.45) is 5.92 Å². The van der Waals surface area contributed by atoms with Crippen molar-refractivity contribution in [2.75, 3.05) is 6.54 Å². The van der Waals surface area contributed by atoms with Crippen molar-refractivity contribution in [1.82, 2.24) is 15.5 Å². The van der Waals surface area contributed by atoms with Gasteiger partial charge >= 0.3 is 0 Å². The molecule has 0 amide bonds. The minimum absolute atomic E-state index is 0.530. The maximum atomic E-state index is 5.35. The fraction of sp³-hybridized carbons (Fsp3) is 0.857. The molecule has 4 heteroatoms. The first-order chi connectivity index (χ1) is 8.81. The number of nitrogens with one attached hydrogen (secondary N) is 1. The highest BCUT2D eigenvalue weighted by molar-refractivity contribution is 4.98. The number of aromatic nitrogens is 2. The first-order valence-corrected chi connectivity index (χ1v) is 7.37. The number of rotatable bonds is 5. The van der Waals surface area contributed by atoms with Gasteiger partial charge in [0, 0.05) is 24.9 Å². The summed E-state index contributed by atoms with van der Waals surface area (Å²) in [6.45, 7) is 3.29. The molecule has 1 N–H and O–H groups in total. The average molecular weight is 249 g/mol. The highest BCUT2D eigenvalue weighted by Gasteiger charge is 2.25. The molecule has 2 aliphatic rings. The molecule has 2 unspecified atom stereocenters. The van der Waals surface area contributed by atoms with E-state index in [-0.39, 0.29) is 0 Å². The van der Waals surface area contributed by atoms with Gasteiger partial charge in [0.1, 0.15) is 0 Å². The molecule has 1 aromatic rings. The van der Waals surface area contributed by atoms with Crippen molar-refractivity contribution in [3.05, 3.63) is 11.7 Å². The Morgan fingerprint density at radius 2 is 2.17 bits per heavy atom. The minimum atomic E-state index is 0.530. The van der Waals surface area contributed by atoms with Crippen LogP contribution in [0.5, 0.6) is 0 Å². The molecular formula is C14H23N3O. The van der Waals surface area contributed by atoms with E-state index in [9.17, 15) is 0 Å². The van der Waals surface area contributed by atoms with E-state index >= 15 is 0 Å². The normalized spacial score (nSPS) is 28.5. The Kier molecular flexibility index (Phi) is 3.64. The zero-order valence-corrected chi connectivity index (χ0v) is 11.2. The van der Waals surface area contributed by atoms with Crippen LogP contribution < -0.4 is 5.32 Å². The lowest BCUT2D eigenvalue weighted by Gasteiger charge is -2.23. The van der Waals surface area contributed by atoms with Gasteiger partial charge in [-0.1, -0.05) is 24.9 Å². The predicted octanol–water partition coefficient (Wildman–Crippen LogP) is 2.66. The van der Waals surface area contributed by atoms with E-state index in [0.29, 0.717) is 5.92 Å².